The fourth-order valence-electron chi connectivity index (χ4n) is 3.39. The fraction of sp³-hybridized carbons (Fsp3) is 0.286. The van der Waals surface area contributed by atoms with Crippen LogP contribution >= 0.6 is 11.3 Å². The lowest BCUT2D eigenvalue weighted by Crippen LogP contribution is -2.28. The Labute approximate surface area is 172 Å². The van der Waals surface area contributed by atoms with Crippen LogP contribution in [0.1, 0.15) is 13.3 Å². The zero-order valence-corrected chi connectivity index (χ0v) is 17.0. The van der Waals surface area contributed by atoms with Crippen LogP contribution in [0.15, 0.2) is 42.5 Å². The summed E-state index contributed by atoms with van der Waals surface area (Å²) in [4.78, 5) is 31.3. The van der Waals surface area contributed by atoms with Crippen LogP contribution in [-0.2, 0) is 9.59 Å². The molecule has 2 heterocycles. The van der Waals surface area contributed by atoms with Crippen LogP contribution in [0.4, 0.5) is 10.8 Å². The van der Waals surface area contributed by atoms with Gasteiger partial charge in [0.2, 0.25) is 11.8 Å². The number of anilines is 2. The molecule has 0 saturated carbocycles. The van der Waals surface area contributed by atoms with E-state index in [1.807, 2.05) is 43.3 Å². The van der Waals surface area contributed by atoms with Crippen LogP contribution < -0.4 is 19.7 Å². The Bertz CT molecular complexity index is 1070. The van der Waals surface area contributed by atoms with Crippen molar-refractivity contribution in [1.29, 1.82) is 0 Å². The van der Waals surface area contributed by atoms with E-state index < -0.39 is 5.92 Å². The van der Waals surface area contributed by atoms with Crippen molar-refractivity contribution < 1.29 is 19.1 Å². The maximum Gasteiger partial charge on any atom is 0.231 e. The van der Waals surface area contributed by atoms with Crippen molar-refractivity contribution in [3.63, 3.8) is 0 Å². The minimum Gasteiger partial charge on any atom is -0.495 e. The third-order valence-corrected chi connectivity index (χ3v) is 5.71. The number of carbonyl (C=O) groups is 2. The quantitative estimate of drug-likeness (QED) is 0.669. The summed E-state index contributed by atoms with van der Waals surface area (Å²) in [6.45, 7) is 2.83. The molecule has 7 nitrogen and oxygen atoms in total. The highest BCUT2D eigenvalue weighted by atomic mass is 32.1. The van der Waals surface area contributed by atoms with Gasteiger partial charge in [0.15, 0.2) is 5.13 Å². The van der Waals surface area contributed by atoms with Crippen LogP contribution in [0.5, 0.6) is 11.5 Å². The first-order valence-electron chi connectivity index (χ1n) is 9.36. The first kappa shape index (κ1) is 19.2. The summed E-state index contributed by atoms with van der Waals surface area (Å²) in [5.41, 5.74) is 1.48. The molecule has 1 aliphatic heterocycles. The minimum atomic E-state index is -0.446. The number of amides is 2. The number of nitrogens with one attached hydrogen (secondary N) is 1. The molecule has 1 atom stereocenters. The Kier molecular flexibility index (Phi) is 5.35. The summed E-state index contributed by atoms with van der Waals surface area (Å²) in [6, 6.07) is 12.9. The van der Waals surface area contributed by atoms with Gasteiger partial charge in [-0.2, -0.15) is 0 Å². The molecular weight excluding hydrogens is 390 g/mol. The van der Waals surface area contributed by atoms with E-state index in [1.54, 1.807) is 18.1 Å². The van der Waals surface area contributed by atoms with Crippen molar-refractivity contribution in [3.8, 4) is 11.5 Å². The number of methoxy groups -OCH3 is 1. The number of para-hydroxylation sites is 2. The summed E-state index contributed by atoms with van der Waals surface area (Å²) >= 11 is 1.39. The van der Waals surface area contributed by atoms with Crippen LogP contribution in [0, 0.1) is 5.92 Å². The highest BCUT2D eigenvalue weighted by Gasteiger charge is 2.36. The molecule has 2 amide bonds. The number of fused-ring (bicyclic) bond motifs is 1. The third kappa shape index (κ3) is 3.88. The molecule has 0 aliphatic carbocycles. The molecule has 0 radical (unpaired) electrons. The molecule has 0 bridgehead atoms. The smallest absolute Gasteiger partial charge is 0.231 e. The maximum atomic E-state index is 12.8. The van der Waals surface area contributed by atoms with Crippen LogP contribution in [0.2, 0.25) is 0 Å². The van der Waals surface area contributed by atoms with Gasteiger partial charge < -0.3 is 19.7 Å². The largest absolute Gasteiger partial charge is 0.495 e. The Morgan fingerprint density at radius 3 is 2.93 bits per heavy atom. The molecule has 1 aromatic heterocycles. The maximum absolute atomic E-state index is 12.8. The van der Waals surface area contributed by atoms with E-state index in [0.29, 0.717) is 29.7 Å². The number of benzene rings is 2. The SMILES string of the molecule is CCOc1ccc2nc(NC(=O)C3CC(=O)N(c4ccccc4OC)C3)sc2c1. The summed E-state index contributed by atoms with van der Waals surface area (Å²) in [5.74, 6) is 0.632. The first-order valence-corrected chi connectivity index (χ1v) is 10.2. The van der Waals surface area contributed by atoms with Crippen molar-refractivity contribution in [2.45, 2.75) is 13.3 Å². The predicted octanol–water partition coefficient (Wildman–Crippen LogP) is 3.70. The van der Waals surface area contributed by atoms with Crippen LogP contribution in [0.25, 0.3) is 10.2 Å². The first-order chi connectivity index (χ1) is 14.1. The highest BCUT2D eigenvalue weighted by molar-refractivity contribution is 7.22. The van der Waals surface area contributed by atoms with Crippen molar-refractivity contribution in [2.24, 2.45) is 5.92 Å². The number of ether oxygens (including phenoxy) is 2. The zero-order valence-electron chi connectivity index (χ0n) is 16.2. The molecule has 0 spiro atoms. The summed E-state index contributed by atoms with van der Waals surface area (Å²) in [6.07, 6.45) is 0.156. The van der Waals surface area contributed by atoms with Gasteiger partial charge in [-0.15, -0.1) is 0 Å². The number of nitrogens with zero attached hydrogens (tertiary/aromatic N) is 2. The van der Waals surface area contributed by atoms with Gasteiger partial charge in [0, 0.05) is 13.0 Å². The van der Waals surface area contributed by atoms with Gasteiger partial charge in [-0.05, 0) is 37.3 Å². The molecule has 29 heavy (non-hydrogen) atoms. The lowest BCUT2D eigenvalue weighted by atomic mass is 10.1. The van der Waals surface area contributed by atoms with Gasteiger partial charge >= 0.3 is 0 Å². The van der Waals surface area contributed by atoms with E-state index in [9.17, 15) is 9.59 Å². The number of aromatic nitrogens is 1. The summed E-state index contributed by atoms with van der Waals surface area (Å²) < 4.78 is 11.8. The highest BCUT2D eigenvalue weighted by Crippen LogP contribution is 2.34. The number of thiazole rings is 1. The molecule has 150 valence electrons. The molecule has 8 heteroatoms. The van der Waals surface area contributed by atoms with Crippen molar-refractivity contribution >= 4 is 44.2 Å². The average Bonchev–Trinajstić information content (AvgIpc) is 3.30. The molecule has 4 rings (SSSR count). The molecule has 2 aromatic carbocycles. The van der Waals surface area contributed by atoms with Crippen molar-refractivity contribution in [3.05, 3.63) is 42.5 Å². The van der Waals surface area contributed by atoms with E-state index in [2.05, 4.69) is 10.3 Å². The number of hydrogen-bond acceptors (Lipinski definition) is 6. The van der Waals surface area contributed by atoms with Crippen LogP contribution in [0.3, 0.4) is 0 Å². The van der Waals surface area contributed by atoms with Gasteiger partial charge in [-0.3, -0.25) is 9.59 Å². The Morgan fingerprint density at radius 2 is 2.14 bits per heavy atom. The van der Waals surface area contributed by atoms with Gasteiger partial charge in [0.1, 0.15) is 11.5 Å². The van der Waals surface area contributed by atoms with Gasteiger partial charge in [0.05, 0.1) is 35.5 Å². The van der Waals surface area contributed by atoms with E-state index in [1.165, 1.54) is 11.3 Å². The monoisotopic (exact) mass is 411 g/mol. The zero-order chi connectivity index (χ0) is 20.4. The van der Waals surface area contributed by atoms with Gasteiger partial charge in [-0.1, -0.05) is 23.5 Å². The average molecular weight is 411 g/mol. The number of hydrogen-bond donors (Lipinski definition) is 1. The topological polar surface area (TPSA) is 80.8 Å². The summed E-state index contributed by atoms with van der Waals surface area (Å²) in [5, 5.41) is 3.38. The number of rotatable bonds is 6. The van der Waals surface area contributed by atoms with Crippen LogP contribution in [-0.4, -0.2) is 37.1 Å². The molecule has 1 N–H and O–H groups in total. The lowest BCUT2D eigenvalue weighted by molar-refractivity contribution is -0.122. The molecule has 1 fully saturated rings. The second-order valence-electron chi connectivity index (χ2n) is 6.65. The Balaban J connectivity index is 1.48. The van der Waals surface area contributed by atoms with Crippen molar-refractivity contribution in [1.82, 2.24) is 4.98 Å². The Morgan fingerprint density at radius 1 is 1.31 bits per heavy atom. The van der Waals surface area contributed by atoms with Gasteiger partial charge in [0.25, 0.3) is 0 Å². The predicted molar refractivity (Wildman–Crippen MR) is 113 cm³/mol. The standard InChI is InChI=1S/C21H21N3O4S/c1-3-28-14-8-9-15-18(11-14)29-21(22-15)23-20(26)13-10-19(25)24(12-13)16-6-4-5-7-17(16)27-2/h4-9,11,13H,3,10,12H2,1-2H3,(H,22,23,26). The molecule has 1 aliphatic rings. The van der Waals surface area contributed by atoms with E-state index >= 15 is 0 Å². The molecule has 1 unspecified atom stereocenters. The molecule has 3 aromatic rings. The molecule has 1 saturated heterocycles. The Hall–Kier alpha value is -3.13. The van der Waals surface area contributed by atoms with E-state index in [0.717, 1.165) is 16.0 Å². The molecular formula is C21H21N3O4S. The fourth-order valence-corrected chi connectivity index (χ4v) is 4.29. The lowest BCUT2D eigenvalue weighted by Gasteiger charge is -2.19. The second-order valence-corrected chi connectivity index (χ2v) is 7.68. The van der Waals surface area contributed by atoms with Crippen molar-refractivity contribution in [2.75, 3.05) is 30.5 Å². The van der Waals surface area contributed by atoms with E-state index in [-0.39, 0.29) is 18.2 Å². The number of carbonyl (C=O) groups excluding carboxylic acids is 2. The second kappa shape index (κ2) is 8.08. The normalized spacial score (nSPS) is 16.3. The minimum absolute atomic E-state index is 0.0969. The van der Waals surface area contributed by atoms with E-state index in [4.69, 9.17) is 9.47 Å². The van der Waals surface area contributed by atoms with Gasteiger partial charge in [-0.25, -0.2) is 4.98 Å². The third-order valence-electron chi connectivity index (χ3n) is 4.77. The summed E-state index contributed by atoms with van der Waals surface area (Å²) in [7, 11) is 1.56.